The fourth-order valence-electron chi connectivity index (χ4n) is 3.31. The zero-order valence-electron chi connectivity index (χ0n) is 23.6. The second-order valence-electron chi connectivity index (χ2n) is 8.93. The van der Waals surface area contributed by atoms with Crippen molar-refractivity contribution in [1.29, 1.82) is 0 Å². The molecule has 2 aliphatic rings. The van der Waals surface area contributed by atoms with Crippen molar-refractivity contribution in [2.45, 2.75) is 88.0 Å². The number of hydrogen-bond acceptors (Lipinski definition) is 5. The van der Waals surface area contributed by atoms with Crippen molar-refractivity contribution in [3.05, 3.63) is 59.2 Å². The molecule has 2 fully saturated rings. The number of Topliss-reactive ketones (excluding diaryl/α,β-unsaturated/α-hetero) is 1. The van der Waals surface area contributed by atoms with Gasteiger partial charge in [-0.15, -0.1) is 0 Å². The Kier molecular flexibility index (Phi) is 30.1. The standard InChI is InChI=1S/C18H18Cl2N2O2.C4H9N.C3H6O.C3H8.2CH4.CH3.Pt/c1-12-4-5-15(18(20)17(12)19)24-14-6-7-21-13(10-14)11-16(23)22-8-2-3-9-22;1-2-4-5-3-1;1-3(2)4;1-3-2;;;;/h4-7,10H,2-3,8-9,11H2,1H3;5H,1-4H2;1-2H3;3H2,1-2H3;2*1H4;1H3;/q;;;;;;-1;. The summed E-state index contributed by atoms with van der Waals surface area (Å²) in [4.78, 5) is 27.8. The molecule has 2 saturated heterocycles. The third-order valence-corrected chi connectivity index (χ3v) is 5.96. The smallest absolute Gasteiger partial charge is 0.228 e. The van der Waals surface area contributed by atoms with Crippen LogP contribution in [0, 0.1) is 14.4 Å². The Morgan fingerprint density at radius 1 is 0.975 bits per heavy atom. The first kappa shape index (κ1) is 45.5. The van der Waals surface area contributed by atoms with Crippen LogP contribution < -0.4 is 10.1 Å². The molecule has 1 aromatic heterocycles. The number of nitrogens with one attached hydrogen (secondary N) is 1. The monoisotopic (exact) mass is 779 g/mol. The van der Waals surface area contributed by atoms with Gasteiger partial charge < -0.3 is 27.2 Å². The SMILES string of the molecule is C.C.C1CCNC1.CC(C)=O.CCC.Cc1ccc(Oc2ccnc(CC(=O)N3CCCC3)c2)c(Cl)c1Cl.[CH3-].[Pt]. The number of ketones is 1. The quantitative estimate of drug-likeness (QED) is 0.315. The van der Waals surface area contributed by atoms with Crippen LogP contribution in [0.15, 0.2) is 30.5 Å². The summed E-state index contributed by atoms with van der Waals surface area (Å²) in [6.07, 6.45) is 8.09. The molecule has 4 rings (SSSR count). The maximum absolute atomic E-state index is 12.2. The van der Waals surface area contributed by atoms with Crippen LogP contribution in [0.5, 0.6) is 11.5 Å². The van der Waals surface area contributed by atoms with Gasteiger partial charge in [0.05, 0.1) is 17.1 Å². The molecule has 0 aliphatic carbocycles. The van der Waals surface area contributed by atoms with Crippen molar-refractivity contribution in [3.63, 3.8) is 0 Å². The van der Waals surface area contributed by atoms with Crippen LogP contribution in [0.4, 0.5) is 0 Å². The minimum atomic E-state index is 0. The predicted molar refractivity (Wildman–Crippen MR) is 169 cm³/mol. The Hall–Kier alpha value is -1.46. The van der Waals surface area contributed by atoms with Crippen molar-refractivity contribution < 1.29 is 35.4 Å². The Morgan fingerprint density at radius 3 is 1.98 bits per heavy atom. The van der Waals surface area contributed by atoms with Crippen molar-refractivity contribution >= 4 is 34.9 Å². The van der Waals surface area contributed by atoms with E-state index in [1.807, 2.05) is 17.9 Å². The van der Waals surface area contributed by atoms with Crippen LogP contribution in [0.25, 0.3) is 0 Å². The minimum Gasteiger partial charge on any atom is -0.456 e. The number of nitrogens with zero attached hydrogens (tertiary/aromatic N) is 2. The third-order valence-electron chi connectivity index (χ3n) is 5.00. The molecule has 0 radical (unpaired) electrons. The molecule has 0 atom stereocenters. The van der Waals surface area contributed by atoms with E-state index in [2.05, 4.69) is 24.1 Å². The van der Waals surface area contributed by atoms with Gasteiger partial charge in [-0.05, 0) is 77.2 Å². The molecule has 0 unspecified atom stereocenters. The second-order valence-corrected chi connectivity index (χ2v) is 9.69. The van der Waals surface area contributed by atoms with E-state index in [-0.39, 0.29) is 61.5 Å². The normalized spacial score (nSPS) is 12.5. The zero-order chi connectivity index (χ0) is 26.9. The number of benzene rings is 1. The number of aryl methyl sites for hydroxylation is 1. The number of carbonyl (C=O) groups excluding carboxylic acids is 2. The molecule has 2 aromatic rings. The van der Waals surface area contributed by atoms with Gasteiger partial charge in [-0.1, -0.05) is 64.4 Å². The van der Waals surface area contributed by atoms with Gasteiger partial charge in [-0.3, -0.25) is 9.78 Å². The number of carbonyl (C=O) groups is 2. The van der Waals surface area contributed by atoms with Gasteiger partial charge in [0.15, 0.2) is 0 Å². The van der Waals surface area contributed by atoms with E-state index in [1.54, 1.807) is 24.4 Å². The number of halogens is 2. The van der Waals surface area contributed by atoms with Crippen molar-refractivity contribution in [2.24, 2.45) is 0 Å². The number of likely N-dealkylation sites (tertiary alicyclic amines) is 1. The van der Waals surface area contributed by atoms with Crippen molar-refractivity contribution in [1.82, 2.24) is 15.2 Å². The Morgan fingerprint density at radius 2 is 1.50 bits per heavy atom. The Labute approximate surface area is 269 Å². The Bertz CT molecular complexity index is 940. The fraction of sp³-hybridized carbons (Fsp3) is 0.548. The maximum atomic E-state index is 12.2. The average molecular weight is 781 g/mol. The molecule has 3 heterocycles. The van der Waals surface area contributed by atoms with E-state index in [9.17, 15) is 9.59 Å². The molecule has 9 heteroatoms. The molecule has 0 saturated carbocycles. The molecule has 0 spiro atoms. The third kappa shape index (κ3) is 18.8. The Balaban J connectivity index is -0.000000343. The van der Waals surface area contributed by atoms with Crippen LogP contribution in [-0.2, 0) is 37.1 Å². The van der Waals surface area contributed by atoms with Crippen LogP contribution in [-0.4, -0.2) is 47.8 Å². The molecule has 0 bridgehead atoms. The van der Waals surface area contributed by atoms with Gasteiger partial charge in [0.25, 0.3) is 0 Å². The summed E-state index contributed by atoms with van der Waals surface area (Å²) in [5, 5.41) is 4.08. The molecule has 6 nitrogen and oxygen atoms in total. The van der Waals surface area contributed by atoms with Gasteiger partial charge in [0.2, 0.25) is 5.91 Å². The first-order chi connectivity index (χ1) is 17.2. The zero-order valence-corrected chi connectivity index (χ0v) is 27.4. The largest absolute Gasteiger partial charge is 0.456 e. The van der Waals surface area contributed by atoms with E-state index >= 15 is 0 Å². The molecule has 2 aliphatic heterocycles. The molecule has 1 amide bonds. The molecule has 1 N–H and O–H groups in total. The summed E-state index contributed by atoms with van der Waals surface area (Å²) in [5.74, 6) is 1.33. The number of hydrogen-bond donors (Lipinski definition) is 1. The van der Waals surface area contributed by atoms with Crippen LogP contribution in [0.2, 0.25) is 10.0 Å². The van der Waals surface area contributed by atoms with E-state index in [0.717, 1.165) is 31.5 Å². The van der Waals surface area contributed by atoms with E-state index in [1.165, 1.54) is 46.2 Å². The first-order valence-corrected chi connectivity index (χ1v) is 13.5. The van der Waals surface area contributed by atoms with Crippen molar-refractivity contribution in [2.75, 3.05) is 26.2 Å². The van der Waals surface area contributed by atoms with Crippen LogP contribution >= 0.6 is 23.2 Å². The molecule has 1 aromatic carbocycles. The summed E-state index contributed by atoms with van der Waals surface area (Å²) >= 11 is 12.4. The number of amides is 1. The number of aromatic nitrogens is 1. The summed E-state index contributed by atoms with van der Waals surface area (Å²) in [5.41, 5.74) is 1.57. The maximum Gasteiger partial charge on any atom is 0.228 e. The number of ether oxygens (including phenoxy) is 1. The fourth-order valence-corrected chi connectivity index (χ4v) is 3.72. The van der Waals surface area contributed by atoms with Crippen LogP contribution in [0.1, 0.15) is 85.9 Å². The van der Waals surface area contributed by atoms with Crippen molar-refractivity contribution in [3.8, 4) is 11.5 Å². The molecular formula is C31H52Cl2N3O3Pt-. The predicted octanol–water partition coefficient (Wildman–Crippen LogP) is 8.76. The van der Waals surface area contributed by atoms with Gasteiger partial charge in [-0.2, -0.15) is 0 Å². The molecule has 234 valence electrons. The van der Waals surface area contributed by atoms with Crippen LogP contribution in [0.3, 0.4) is 0 Å². The second kappa shape index (κ2) is 26.4. The minimum absolute atomic E-state index is 0. The van der Waals surface area contributed by atoms with Gasteiger partial charge >= 0.3 is 0 Å². The number of rotatable bonds is 4. The van der Waals surface area contributed by atoms with E-state index in [0.29, 0.717) is 27.2 Å². The van der Waals surface area contributed by atoms with Gasteiger partial charge in [0, 0.05) is 46.4 Å². The number of pyridine rings is 1. The summed E-state index contributed by atoms with van der Waals surface area (Å²) in [7, 11) is 0. The molecular weight excluding hydrogens is 728 g/mol. The molecule has 40 heavy (non-hydrogen) atoms. The van der Waals surface area contributed by atoms with E-state index < -0.39 is 0 Å². The van der Waals surface area contributed by atoms with Gasteiger partial charge in [0.1, 0.15) is 22.3 Å². The first-order valence-electron chi connectivity index (χ1n) is 12.7. The summed E-state index contributed by atoms with van der Waals surface area (Å²) in [6, 6.07) is 7.12. The topological polar surface area (TPSA) is 71.5 Å². The average Bonchev–Trinajstić information content (AvgIpc) is 3.57. The summed E-state index contributed by atoms with van der Waals surface area (Å²) < 4.78 is 5.81. The summed E-state index contributed by atoms with van der Waals surface area (Å²) in [6.45, 7) is 13.4. The van der Waals surface area contributed by atoms with Gasteiger partial charge in [-0.25, -0.2) is 0 Å². The van der Waals surface area contributed by atoms with E-state index in [4.69, 9.17) is 27.9 Å².